The maximum atomic E-state index is 12.3. The number of furan rings is 1. The number of amides is 1. The Morgan fingerprint density at radius 1 is 1.19 bits per heavy atom. The van der Waals surface area contributed by atoms with E-state index in [1.807, 2.05) is 18.2 Å². The first-order valence-electron chi connectivity index (χ1n) is 9.70. The van der Waals surface area contributed by atoms with Crippen LogP contribution in [0.2, 0.25) is 0 Å². The van der Waals surface area contributed by atoms with Crippen molar-refractivity contribution in [3.63, 3.8) is 0 Å². The van der Waals surface area contributed by atoms with Crippen LogP contribution < -0.4 is 10.1 Å². The molecule has 3 aromatic heterocycles. The molecule has 0 aliphatic carbocycles. The number of rotatable bonds is 9. The largest absolute Gasteiger partial charge is 0.495 e. The van der Waals surface area contributed by atoms with E-state index in [0.717, 1.165) is 0 Å². The molecule has 1 N–H and O–H groups in total. The van der Waals surface area contributed by atoms with E-state index < -0.39 is 5.97 Å². The predicted octanol–water partition coefficient (Wildman–Crippen LogP) is 3.53. The second kappa shape index (κ2) is 9.92. The van der Waals surface area contributed by atoms with Gasteiger partial charge in [-0.25, -0.2) is 9.78 Å². The third kappa shape index (κ3) is 5.41. The summed E-state index contributed by atoms with van der Waals surface area (Å²) in [6, 6.07) is 12.3. The fraction of sp³-hybridized carbons (Fsp3) is 0.182. The molecule has 0 radical (unpaired) electrons. The quantitative estimate of drug-likeness (QED) is 0.387. The number of benzene rings is 1. The van der Waals surface area contributed by atoms with Crippen molar-refractivity contribution >= 4 is 28.9 Å². The van der Waals surface area contributed by atoms with Crippen LogP contribution in [0, 0.1) is 0 Å². The van der Waals surface area contributed by atoms with Crippen molar-refractivity contribution in [2.75, 3.05) is 12.4 Å². The first-order chi connectivity index (χ1) is 15.6. The Hall–Kier alpha value is -3.92. The van der Waals surface area contributed by atoms with E-state index in [2.05, 4.69) is 15.4 Å². The van der Waals surface area contributed by atoms with Crippen molar-refractivity contribution in [3.8, 4) is 5.75 Å². The van der Waals surface area contributed by atoms with E-state index in [0.29, 0.717) is 34.4 Å². The number of nitrogens with zero attached hydrogens (tertiary/aromatic N) is 3. The summed E-state index contributed by atoms with van der Waals surface area (Å²) >= 11 is 1.32. The van der Waals surface area contributed by atoms with Gasteiger partial charge in [0.1, 0.15) is 23.1 Å². The molecule has 164 valence electrons. The molecule has 0 atom stereocenters. The van der Waals surface area contributed by atoms with Crippen molar-refractivity contribution in [3.05, 3.63) is 82.5 Å². The fourth-order valence-corrected chi connectivity index (χ4v) is 3.69. The van der Waals surface area contributed by atoms with E-state index in [-0.39, 0.29) is 24.7 Å². The Morgan fingerprint density at radius 2 is 2.06 bits per heavy atom. The predicted molar refractivity (Wildman–Crippen MR) is 117 cm³/mol. The van der Waals surface area contributed by atoms with Crippen molar-refractivity contribution in [2.24, 2.45) is 0 Å². The van der Waals surface area contributed by atoms with Crippen LogP contribution in [0.1, 0.15) is 27.0 Å². The summed E-state index contributed by atoms with van der Waals surface area (Å²) in [4.78, 5) is 28.9. The summed E-state index contributed by atoms with van der Waals surface area (Å²) in [5, 5.41) is 9.27. The number of carbonyl (C=O) groups is 2. The molecule has 0 saturated heterocycles. The standard InChI is InChI=1S/C22H20N4O5S/c1-29-18-6-3-2-5-17(18)25-20(27)11-21-24-15(14-32-21)13-30-22(28)19-8-7-16(31-19)12-26-10-4-9-23-26/h2-10,14H,11-13H2,1H3,(H,25,27). The highest BCUT2D eigenvalue weighted by atomic mass is 32.1. The zero-order chi connectivity index (χ0) is 22.3. The van der Waals surface area contributed by atoms with E-state index in [9.17, 15) is 9.59 Å². The van der Waals surface area contributed by atoms with Crippen molar-refractivity contribution in [1.29, 1.82) is 0 Å². The molecule has 0 bridgehead atoms. The Morgan fingerprint density at radius 3 is 2.88 bits per heavy atom. The van der Waals surface area contributed by atoms with Gasteiger partial charge >= 0.3 is 5.97 Å². The monoisotopic (exact) mass is 452 g/mol. The minimum atomic E-state index is -0.583. The zero-order valence-electron chi connectivity index (χ0n) is 17.2. The number of esters is 1. The molecular weight excluding hydrogens is 432 g/mol. The minimum Gasteiger partial charge on any atom is -0.495 e. The number of thiazole rings is 1. The molecule has 32 heavy (non-hydrogen) atoms. The maximum absolute atomic E-state index is 12.3. The van der Waals surface area contributed by atoms with Crippen LogP contribution in [-0.4, -0.2) is 33.8 Å². The van der Waals surface area contributed by atoms with E-state index in [4.69, 9.17) is 13.9 Å². The molecule has 9 nitrogen and oxygen atoms in total. The first kappa shape index (κ1) is 21.3. The normalized spacial score (nSPS) is 10.7. The number of carbonyl (C=O) groups excluding carboxylic acids is 2. The van der Waals surface area contributed by atoms with Gasteiger partial charge in [-0.3, -0.25) is 9.48 Å². The van der Waals surface area contributed by atoms with Crippen LogP contribution in [-0.2, 0) is 29.1 Å². The van der Waals surface area contributed by atoms with Crippen LogP contribution in [0.4, 0.5) is 5.69 Å². The number of methoxy groups -OCH3 is 1. The molecule has 0 unspecified atom stereocenters. The Kier molecular flexibility index (Phi) is 6.61. The van der Waals surface area contributed by atoms with Gasteiger partial charge in [-0.15, -0.1) is 11.3 Å². The summed E-state index contributed by atoms with van der Waals surface area (Å²) in [6.07, 6.45) is 3.57. The number of ether oxygens (including phenoxy) is 2. The molecule has 1 amide bonds. The lowest BCUT2D eigenvalue weighted by molar-refractivity contribution is -0.115. The first-order valence-corrected chi connectivity index (χ1v) is 10.6. The SMILES string of the molecule is COc1ccccc1NC(=O)Cc1nc(COC(=O)c2ccc(Cn3cccn3)o2)cs1. The second-order valence-corrected chi connectivity index (χ2v) is 7.65. The fourth-order valence-electron chi connectivity index (χ4n) is 2.91. The number of anilines is 1. The minimum absolute atomic E-state index is 0.0152. The van der Waals surface area contributed by atoms with E-state index in [1.54, 1.807) is 53.8 Å². The second-order valence-electron chi connectivity index (χ2n) is 6.70. The molecule has 0 spiro atoms. The smallest absolute Gasteiger partial charge is 0.374 e. The van der Waals surface area contributed by atoms with Gasteiger partial charge in [-0.05, 0) is 30.3 Å². The Labute approximate surface area is 187 Å². The number of para-hydroxylation sites is 2. The lowest BCUT2D eigenvalue weighted by Crippen LogP contribution is -2.15. The molecular formula is C22H20N4O5S. The van der Waals surface area contributed by atoms with Gasteiger partial charge in [-0.1, -0.05) is 12.1 Å². The number of nitrogens with one attached hydrogen (secondary N) is 1. The van der Waals surface area contributed by atoms with Crippen LogP contribution in [0.5, 0.6) is 5.75 Å². The highest BCUT2D eigenvalue weighted by molar-refractivity contribution is 7.09. The molecule has 0 saturated carbocycles. The Bertz CT molecular complexity index is 1200. The molecule has 0 aliphatic rings. The number of hydrogen-bond donors (Lipinski definition) is 1. The highest BCUT2D eigenvalue weighted by Crippen LogP contribution is 2.23. The van der Waals surface area contributed by atoms with Crippen molar-refractivity contribution < 1.29 is 23.5 Å². The lowest BCUT2D eigenvalue weighted by atomic mass is 10.3. The van der Waals surface area contributed by atoms with Crippen molar-refractivity contribution in [1.82, 2.24) is 14.8 Å². The van der Waals surface area contributed by atoms with Crippen molar-refractivity contribution in [2.45, 2.75) is 19.6 Å². The molecule has 0 aliphatic heterocycles. The third-order valence-electron chi connectivity index (χ3n) is 4.38. The zero-order valence-corrected chi connectivity index (χ0v) is 18.0. The van der Waals surface area contributed by atoms with Gasteiger partial charge in [0, 0.05) is 17.8 Å². The van der Waals surface area contributed by atoms with Gasteiger partial charge in [0.15, 0.2) is 0 Å². The molecule has 4 aromatic rings. The number of hydrogen-bond acceptors (Lipinski definition) is 8. The molecule has 1 aromatic carbocycles. The average molecular weight is 452 g/mol. The van der Waals surface area contributed by atoms with Crippen LogP contribution in [0.3, 0.4) is 0 Å². The maximum Gasteiger partial charge on any atom is 0.374 e. The molecule has 0 fully saturated rings. The Balaban J connectivity index is 1.27. The van der Waals surface area contributed by atoms with Gasteiger partial charge in [0.05, 0.1) is 31.5 Å². The number of aromatic nitrogens is 3. The van der Waals surface area contributed by atoms with Crippen LogP contribution >= 0.6 is 11.3 Å². The summed E-state index contributed by atoms with van der Waals surface area (Å²) in [6.45, 7) is 0.408. The van der Waals surface area contributed by atoms with Gasteiger partial charge in [-0.2, -0.15) is 5.10 Å². The van der Waals surface area contributed by atoms with Gasteiger partial charge in [0.2, 0.25) is 11.7 Å². The molecule has 10 heteroatoms. The molecule has 3 heterocycles. The average Bonchev–Trinajstić information content (AvgIpc) is 3.55. The van der Waals surface area contributed by atoms with E-state index >= 15 is 0 Å². The lowest BCUT2D eigenvalue weighted by Gasteiger charge is -2.08. The van der Waals surface area contributed by atoms with E-state index in [1.165, 1.54) is 11.3 Å². The third-order valence-corrected chi connectivity index (χ3v) is 5.28. The van der Waals surface area contributed by atoms with Crippen LogP contribution in [0.15, 0.2) is 64.7 Å². The van der Waals surface area contributed by atoms with Crippen LogP contribution in [0.25, 0.3) is 0 Å². The van der Waals surface area contributed by atoms with Gasteiger partial charge < -0.3 is 19.2 Å². The van der Waals surface area contributed by atoms with Gasteiger partial charge in [0.25, 0.3) is 0 Å². The summed E-state index contributed by atoms with van der Waals surface area (Å²) in [5.41, 5.74) is 1.16. The highest BCUT2D eigenvalue weighted by Gasteiger charge is 2.15. The molecule has 4 rings (SSSR count). The summed E-state index contributed by atoms with van der Waals surface area (Å²) in [5.74, 6) is 0.489. The summed E-state index contributed by atoms with van der Waals surface area (Å²) in [7, 11) is 1.54. The summed E-state index contributed by atoms with van der Waals surface area (Å²) < 4.78 is 17.7. The topological polar surface area (TPSA) is 108 Å².